The normalized spacial score (nSPS) is 17.1. The van der Waals surface area contributed by atoms with Crippen molar-refractivity contribution in [3.63, 3.8) is 0 Å². The summed E-state index contributed by atoms with van der Waals surface area (Å²) in [4.78, 5) is 29.9. The first-order chi connectivity index (χ1) is 17.1. The number of nitrogens with one attached hydrogen (secondary N) is 1. The number of nitrogens with zero attached hydrogens (tertiary/aromatic N) is 1. The number of rotatable bonds is 10. The Labute approximate surface area is 209 Å². The van der Waals surface area contributed by atoms with Gasteiger partial charge in [-0.3, -0.25) is 9.59 Å². The predicted molar refractivity (Wildman–Crippen MR) is 135 cm³/mol. The van der Waals surface area contributed by atoms with E-state index in [1.54, 1.807) is 43.6 Å². The Balaban J connectivity index is 1.59. The second kappa shape index (κ2) is 11.4. The van der Waals surface area contributed by atoms with Gasteiger partial charge in [0, 0.05) is 30.6 Å². The number of fused-ring (bicyclic) bond motifs is 1. The quantitative estimate of drug-likeness (QED) is 0.460. The minimum absolute atomic E-state index is 0.0783. The molecule has 35 heavy (non-hydrogen) atoms. The van der Waals surface area contributed by atoms with Crippen LogP contribution in [0.5, 0.6) is 11.5 Å². The lowest BCUT2D eigenvalue weighted by molar-refractivity contribution is -0.124. The van der Waals surface area contributed by atoms with Crippen molar-refractivity contribution in [3.05, 3.63) is 81.5 Å². The van der Waals surface area contributed by atoms with Gasteiger partial charge < -0.3 is 24.4 Å². The van der Waals surface area contributed by atoms with E-state index in [0.717, 1.165) is 16.0 Å². The fourth-order valence-electron chi connectivity index (χ4n) is 4.56. The van der Waals surface area contributed by atoms with Gasteiger partial charge in [-0.05, 0) is 47.2 Å². The van der Waals surface area contributed by atoms with Crippen molar-refractivity contribution in [1.29, 1.82) is 0 Å². The average molecular weight is 495 g/mol. The second-order valence-corrected chi connectivity index (χ2v) is 9.23. The fraction of sp³-hybridized carbons (Fsp3) is 0.333. The molecule has 1 aliphatic rings. The first-order valence-electron chi connectivity index (χ1n) is 11.5. The first-order valence-corrected chi connectivity index (χ1v) is 12.4. The smallest absolute Gasteiger partial charge is 0.254 e. The molecular weight excluding hydrogens is 464 g/mol. The maximum atomic E-state index is 13.7. The van der Waals surface area contributed by atoms with Crippen LogP contribution in [-0.4, -0.2) is 57.7 Å². The van der Waals surface area contributed by atoms with E-state index in [-0.39, 0.29) is 11.8 Å². The van der Waals surface area contributed by atoms with Crippen LogP contribution in [0.4, 0.5) is 0 Å². The Bertz CT molecular complexity index is 1160. The molecule has 3 aromatic rings. The number of thiophene rings is 1. The molecule has 0 saturated heterocycles. The lowest BCUT2D eigenvalue weighted by atomic mass is 9.81. The van der Waals surface area contributed by atoms with Gasteiger partial charge in [0.05, 0.1) is 32.8 Å². The number of carbonyl (C=O) groups excluding carboxylic acids is 2. The van der Waals surface area contributed by atoms with E-state index < -0.39 is 12.0 Å². The van der Waals surface area contributed by atoms with Crippen LogP contribution in [0, 0.1) is 0 Å². The summed E-state index contributed by atoms with van der Waals surface area (Å²) in [5.41, 5.74) is 2.35. The molecule has 1 N–H and O–H groups in total. The minimum atomic E-state index is -0.523. The first kappa shape index (κ1) is 24.8. The van der Waals surface area contributed by atoms with Crippen LogP contribution in [0.15, 0.2) is 60.0 Å². The third kappa shape index (κ3) is 5.18. The summed E-state index contributed by atoms with van der Waals surface area (Å²) in [7, 11) is 4.82. The maximum absolute atomic E-state index is 13.7. The minimum Gasteiger partial charge on any atom is -0.493 e. The molecule has 2 atom stereocenters. The molecule has 0 radical (unpaired) electrons. The SMILES string of the molecule is COCCN1C(=O)c2ccccc2[C@H](C(=O)NCCc2ccc(OC)c(OC)c2)[C@@H]1c1cccs1. The molecule has 2 amide bonds. The van der Waals surface area contributed by atoms with Gasteiger partial charge in [0.2, 0.25) is 5.91 Å². The Morgan fingerprint density at radius 3 is 2.54 bits per heavy atom. The Kier molecular flexibility index (Phi) is 8.05. The van der Waals surface area contributed by atoms with E-state index >= 15 is 0 Å². The van der Waals surface area contributed by atoms with Gasteiger partial charge in [-0.2, -0.15) is 0 Å². The fourth-order valence-corrected chi connectivity index (χ4v) is 5.44. The van der Waals surface area contributed by atoms with Gasteiger partial charge in [-0.25, -0.2) is 0 Å². The van der Waals surface area contributed by atoms with Crippen LogP contribution in [0.2, 0.25) is 0 Å². The summed E-state index contributed by atoms with van der Waals surface area (Å²) in [6, 6.07) is 16.7. The number of amides is 2. The van der Waals surface area contributed by atoms with Crippen molar-refractivity contribution in [3.8, 4) is 11.5 Å². The zero-order valence-corrected chi connectivity index (χ0v) is 21.0. The van der Waals surface area contributed by atoms with E-state index in [9.17, 15) is 9.59 Å². The van der Waals surface area contributed by atoms with Crippen molar-refractivity contribution in [2.75, 3.05) is 41.0 Å². The lowest BCUT2D eigenvalue weighted by Crippen LogP contribution is -2.48. The maximum Gasteiger partial charge on any atom is 0.254 e. The van der Waals surface area contributed by atoms with Crippen molar-refractivity contribution < 1.29 is 23.8 Å². The third-order valence-corrected chi connectivity index (χ3v) is 7.20. The number of ether oxygens (including phenoxy) is 3. The van der Waals surface area contributed by atoms with Gasteiger partial charge in [0.15, 0.2) is 11.5 Å². The molecule has 4 rings (SSSR count). The molecule has 8 heteroatoms. The summed E-state index contributed by atoms with van der Waals surface area (Å²) in [5.74, 6) is 0.614. The lowest BCUT2D eigenvalue weighted by Gasteiger charge is -2.41. The number of hydrogen-bond donors (Lipinski definition) is 1. The predicted octanol–water partition coefficient (Wildman–Crippen LogP) is 4.05. The Morgan fingerprint density at radius 2 is 1.83 bits per heavy atom. The molecule has 1 aromatic heterocycles. The second-order valence-electron chi connectivity index (χ2n) is 8.25. The van der Waals surface area contributed by atoms with E-state index in [1.165, 1.54) is 0 Å². The van der Waals surface area contributed by atoms with Crippen LogP contribution in [0.25, 0.3) is 0 Å². The zero-order valence-electron chi connectivity index (χ0n) is 20.2. The Hall–Kier alpha value is -3.36. The average Bonchev–Trinajstić information content (AvgIpc) is 3.42. The van der Waals surface area contributed by atoms with E-state index in [0.29, 0.717) is 43.2 Å². The van der Waals surface area contributed by atoms with Gasteiger partial charge in [-0.15, -0.1) is 11.3 Å². The highest BCUT2D eigenvalue weighted by atomic mass is 32.1. The van der Waals surface area contributed by atoms with Crippen molar-refractivity contribution >= 4 is 23.2 Å². The zero-order chi connectivity index (χ0) is 24.8. The summed E-state index contributed by atoms with van der Waals surface area (Å²) in [6.07, 6.45) is 0.635. The van der Waals surface area contributed by atoms with Crippen molar-refractivity contribution in [1.82, 2.24) is 10.2 Å². The largest absolute Gasteiger partial charge is 0.493 e. The number of hydrogen-bond acceptors (Lipinski definition) is 6. The molecule has 1 aliphatic heterocycles. The molecule has 0 spiro atoms. The standard InChI is InChI=1S/C27H30N2O5S/c1-32-15-14-29-25(23-9-6-16-35-23)24(19-7-4-5-8-20(19)27(29)31)26(30)28-13-12-18-10-11-21(33-2)22(17-18)34-3/h4-11,16-17,24-25H,12-15H2,1-3H3,(H,28,30)/t24-,25-/m0/s1. The molecule has 2 aromatic carbocycles. The van der Waals surface area contributed by atoms with Gasteiger partial charge in [0.25, 0.3) is 5.91 Å². The molecule has 2 heterocycles. The van der Waals surface area contributed by atoms with Gasteiger partial charge in [-0.1, -0.05) is 30.3 Å². The van der Waals surface area contributed by atoms with Crippen LogP contribution in [0.3, 0.4) is 0 Å². The summed E-state index contributed by atoms with van der Waals surface area (Å²) in [5, 5.41) is 5.09. The number of benzene rings is 2. The Morgan fingerprint density at radius 1 is 1.03 bits per heavy atom. The summed E-state index contributed by atoms with van der Waals surface area (Å²) in [6.45, 7) is 1.25. The highest BCUT2D eigenvalue weighted by Gasteiger charge is 2.44. The number of methoxy groups -OCH3 is 3. The van der Waals surface area contributed by atoms with E-state index in [4.69, 9.17) is 14.2 Å². The summed E-state index contributed by atoms with van der Waals surface area (Å²) < 4.78 is 16.0. The molecule has 0 unspecified atom stereocenters. The van der Waals surface area contributed by atoms with Crippen molar-refractivity contribution in [2.24, 2.45) is 0 Å². The van der Waals surface area contributed by atoms with Crippen LogP contribution >= 0.6 is 11.3 Å². The molecule has 184 valence electrons. The van der Waals surface area contributed by atoms with Crippen LogP contribution < -0.4 is 14.8 Å². The van der Waals surface area contributed by atoms with Crippen LogP contribution in [0.1, 0.15) is 38.3 Å². The van der Waals surface area contributed by atoms with Gasteiger partial charge >= 0.3 is 0 Å². The van der Waals surface area contributed by atoms with E-state index in [2.05, 4.69) is 5.32 Å². The topological polar surface area (TPSA) is 77.1 Å². The highest BCUT2D eigenvalue weighted by Crippen LogP contribution is 2.44. The third-order valence-electron chi connectivity index (χ3n) is 6.25. The van der Waals surface area contributed by atoms with Crippen molar-refractivity contribution in [2.45, 2.75) is 18.4 Å². The van der Waals surface area contributed by atoms with Gasteiger partial charge in [0.1, 0.15) is 0 Å². The molecule has 0 saturated carbocycles. The summed E-state index contributed by atoms with van der Waals surface area (Å²) >= 11 is 1.55. The molecule has 0 fully saturated rings. The molecule has 0 bridgehead atoms. The molecular formula is C27H30N2O5S. The molecule has 7 nitrogen and oxygen atoms in total. The van der Waals surface area contributed by atoms with E-state index in [1.807, 2.05) is 53.9 Å². The monoisotopic (exact) mass is 494 g/mol. The van der Waals surface area contributed by atoms with Crippen LogP contribution in [-0.2, 0) is 16.0 Å². The molecule has 0 aliphatic carbocycles. The number of carbonyl (C=O) groups is 2. The highest BCUT2D eigenvalue weighted by molar-refractivity contribution is 7.10.